The third-order valence-corrected chi connectivity index (χ3v) is 17.4. The number of hydrogen-bond acceptors (Lipinski definition) is 3. The van der Waals surface area contributed by atoms with Crippen LogP contribution in [0.3, 0.4) is 0 Å². The summed E-state index contributed by atoms with van der Waals surface area (Å²) < 4.78 is 0. The maximum Gasteiger partial charge on any atom is 0.0620 e. The predicted octanol–water partition coefficient (Wildman–Crippen LogP) is 23.2. The van der Waals surface area contributed by atoms with Gasteiger partial charge in [-0.1, -0.05) is 213 Å². The Morgan fingerprint density at radius 1 is 0.321 bits per heavy atom. The molecule has 3 nitrogen and oxygen atoms in total. The van der Waals surface area contributed by atoms with Crippen molar-refractivity contribution in [1.29, 1.82) is 0 Å². The van der Waals surface area contributed by atoms with Crippen LogP contribution < -0.4 is 14.7 Å². The van der Waals surface area contributed by atoms with E-state index in [1.165, 1.54) is 88.6 Å². The van der Waals surface area contributed by atoms with Crippen LogP contribution in [0.1, 0.15) is 160 Å². The molecule has 11 rings (SSSR count). The van der Waals surface area contributed by atoms with Crippen LogP contribution in [0.25, 0.3) is 32.7 Å². The lowest BCUT2D eigenvalue weighted by molar-refractivity contribution is 0.590. The van der Waals surface area contributed by atoms with Crippen LogP contribution in [0.4, 0.5) is 51.2 Å². The summed E-state index contributed by atoms with van der Waals surface area (Å²) in [4.78, 5) is 7.53. The molecule has 0 spiro atoms. The predicted molar refractivity (Wildman–Crippen MR) is 352 cm³/mol. The lowest BCUT2D eigenvalue weighted by Gasteiger charge is -2.34. The van der Waals surface area contributed by atoms with E-state index in [1.54, 1.807) is 0 Å². The molecule has 81 heavy (non-hydrogen) atoms. The molecule has 1 aliphatic rings. The number of rotatable bonds is 11. The van der Waals surface area contributed by atoms with Crippen molar-refractivity contribution in [3.63, 3.8) is 0 Å². The second-order valence-corrected chi connectivity index (χ2v) is 27.3. The summed E-state index contributed by atoms with van der Waals surface area (Å²) in [6.07, 6.45) is 0. The van der Waals surface area contributed by atoms with E-state index in [4.69, 9.17) is 0 Å². The molecule has 0 heterocycles. The maximum absolute atomic E-state index is 2.58. The fourth-order valence-corrected chi connectivity index (χ4v) is 12.3. The van der Waals surface area contributed by atoms with Gasteiger partial charge in [0.1, 0.15) is 0 Å². The smallest absolute Gasteiger partial charge is 0.0620 e. The molecule has 0 amide bonds. The first-order chi connectivity index (χ1) is 38.4. The lowest BCUT2D eigenvalue weighted by Crippen LogP contribution is -2.18. The van der Waals surface area contributed by atoms with Gasteiger partial charge in [-0.2, -0.15) is 0 Å². The van der Waals surface area contributed by atoms with E-state index in [9.17, 15) is 0 Å². The van der Waals surface area contributed by atoms with Gasteiger partial charge in [0.25, 0.3) is 0 Å². The Hall–Kier alpha value is -7.88. The second kappa shape index (κ2) is 20.6. The minimum absolute atomic E-state index is 0.000105. The van der Waals surface area contributed by atoms with Crippen LogP contribution in [0, 0.1) is 6.92 Å². The first kappa shape index (κ1) is 55.0. The molecule has 0 atom stereocenters. The Morgan fingerprint density at radius 2 is 0.642 bits per heavy atom. The second-order valence-electron chi connectivity index (χ2n) is 27.3. The minimum atomic E-state index is -0.361. The van der Waals surface area contributed by atoms with Crippen molar-refractivity contribution >= 4 is 72.7 Å². The standard InChI is InChI=1S/C78H83N3/c1-50(2)53-23-35-60(36-24-53)80(62-41-29-56(30-42-62)76(9,10)11)73-66-19-17-18-20-67(66)74(81(61-37-25-54(26-38-61)51(3)4)63-43-31-57(32-44-63)77(12,13)14)70-49-72-68(48-69(70)73)65-46-45-64(47-71(65)78(72,15)16)79(58-33-21-52(5)22-34-58)59-39-27-55(28-40-59)75(6,7)8/h17-51H,1-16H3. The fraction of sp³-hybridized carbons (Fsp3) is 0.282. The molecule has 1 aliphatic carbocycles. The molecule has 0 N–H and O–H groups in total. The van der Waals surface area contributed by atoms with Gasteiger partial charge in [-0.25, -0.2) is 0 Å². The quantitative estimate of drug-likeness (QED) is 0.0944. The van der Waals surface area contributed by atoms with Crippen LogP contribution in [0.15, 0.2) is 200 Å². The van der Waals surface area contributed by atoms with Crippen molar-refractivity contribution in [2.45, 2.75) is 144 Å². The van der Waals surface area contributed by atoms with Gasteiger partial charge in [-0.05, 0) is 182 Å². The summed E-state index contributed by atoms with van der Waals surface area (Å²) in [6, 6.07) is 77.1. The van der Waals surface area contributed by atoms with Gasteiger partial charge >= 0.3 is 0 Å². The molecule has 0 saturated carbocycles. The van der Waals surface area contributed by atoms with Crippen molar-refractivity contribution in [2.75, 3.05) is 14.7 Å². The molecule has 0 radical (unpaired) electrons. The van der Waals surface area contributed by atoms with Gasteiger partial charge in [0, 0.05) is 66.8 Å². The number of nitrogens with zero attached hydrogens (tertiary/aromatic N) is 3. The molecule has 0 fully saturated rings. The van der Waals surface area contributed by atoms with E-state index >= 15 is 0 Å². The highest BCUT2D eigenvalue weighted by atomic mass is 15.2. The largest absolute Gasteiger partial charge is 0.310 e. The van der Waals surface area contributed by atoms with Gasteiger partial charge in [0.2, 0.25) is 0 Å². The number of hydrogen-bond donors (Lipinski definition) is 0. The zero-order valence-electron chi connectivity index (χ0n) is 51.0. The van der Waals surface area contributed by atoms with Crippen molar-refractivity contribution in [1.82, 2.24) is 0 Å². The Kier molecular flexibility index (Phi) is 14.0. The SMILES string of the molecule is Cc1ccc(N(c2ccc(C(C)(C)C)cc2)c2ccc3c(c2)C(C)(C)c2cc4c(N(c5ccc(C(C)C)cc5)c5ccc(C(C)(C)C)cc5)c5ccccc5c(N(c5ccc(C(C)C)cc5)c5ccc(C(C)(C)C)cc5)c4cc2-3)cc1. The third kappa shape index (κ3) is 10.2. The molecule has 0 unspecified atom stereocenters. The summed E-state index contributed by atoms with van der Waals surface area (Å²) in [5, 5.41) is 4.76. The maximum atomic E-state index is 2.58. The van der Waals surface area contributed by atoms with E-state index < -0.39 is 0 Å². The molecule has 0 aliphatic heterocycles. The Bertz CT molecular complexity index is 3910. The molecule has 0 bridgehead atoms. The molecule has 0 saturated heterocycles. The van der Waals surface area contributed by atoms with Gasteiger partial charge < -0.3 is 14.7 Å². The molecular weight excluding hydrogens is 979 g/mol. The molecule has 0 aromatic heterocycles. The number of benzene rings is 10. The van der Waals surface area contributed by atoms with Crippen LogP contribution in [0.2, 0.25) is 0 Å². The van der Waals surface area contributed by atoms with Crippen molar-refractivity contribution in [3.05, 3.63) is 245 Å². The van der Waals surface area contributed by atoms with Crippen molar-refractivity contribution in [3.8, 4) is 11.1 Å². The number of anilines is 9. The highest BCUT2D eigenvalue weighted by Gasteiger charge is 2.38. The van der Waals surface area contributed by atoms with E-state index in [2.05, 4.69) is 326 Å². The van der Waals surface area contributed by atoms with E-state index in [-0.39, 0.29) is 21.7 Å². The molecule has 3 heteroatoms. The fourth-order valence-electron chi connectivity index (χ4n) is 12.3. The Morgan fingerprint density at radius 3 is 1.01 bits per heavy atom. The highest BCUT2D eigenvalue weighted by Crippen LogP contribution is 2.57. The van der Waals surface area contributed by atoms with Crippen molar-refractivity contribution in [2.24, 2.45) is 0 Å². The van der Waals surface area contributed by atoms with Crippen LogP contribution >= 0.6 is 0 Å². The van der Waals surface area contributed by atoms with E-state index in [0.29, 0.717) is 11.8 Å². The van der Waals surface area contributed by atoms with Gasteiger partial charge in [0.15, 0.2) is 0 Å². The zero-order valence-corrected chi connectivity index (χ0v) is 51.0. The average molecular weight is 1060 g/mol. The molecule has 10 aromatic rings. The van der Waals surface area contributed by atoms with Gasteiger partial charge in [-0.3, -0.25) is 0 Å². The normalized spacial score (nSPS) is 13.3. The first-order valence-corrected chi connectivity index (χ1v) is 29.5. The third-order valence-electron chi connectivity index (χ3n) is 17.4. The van der Waals surface area contributed by atoms with Crippen LogP contribution in [-0.4, -0.2) is 0 Å². The molecular formula is C78H83N3. The monoisotopic (exact) mass is 1060 g/mol. The van der Waals surface area contributed by atoms with Crippen LogP contribution in [0.5, 0.6) is 0 Å². The zero-order chi connectivity index (χ0) is 57.5. The van der Waals surface area contributed by atoms with Gasteiger partial charge in [-0.15, -0.1) is 0 Å². The number of aryl methyl sites for hydroxylation is 1. The van der Waals surface area contributed by atoms with E-state index in [0.717, 1.165) is 39.8 Å². The van der Waals surface area contributed by atoms with Crippen molar-refractivity contribution < 1.29 is 0 Å². The highest BCUT2D eigenvalue weighted by molar-refractivity contribution is 6.24. The topological polar surface area (TPSA) is 9.72 Å². The lowest BCUT2D eigenvalue weighted by atomic mass is 9.81. The Labute approximate surface area is 484 Å². The Balaban J connectivity index is 1.23. The van der Waals surface area contributed by atoms with E-state index in [1.807, 2.05) is 0 Å². The van der Waals surface area contributed by atoms with Gasteiger partial charge in [0.05, 0.1) is 11.4 Å². The summed E-state index contributed by atoms with van der Waals surface area (Å²) in [6.45, 7) is 36.8. The summed E-state index contributed by atoms with van der Waals surface area (Å²) in [5.74, 6) is 0.810. The first-order valence-electron chi connectivity index (χ1n) is 29.5. The molecule has 10 aromatic carbocycles. The average Bonchev–Trinajstić information content (AvgIpc) is 3.98. The van der Waals surface area contributed by atoms with Crippen LogP contribution in [-0.2, 0) is 21.7 Å². The summed E-state index contributed by atoms with van der Waals surface area (Å²) >= 11 is 0. The minimum Gasteiger partial charge on any atom is -0.310 e. The summed E-state index contributed by atoms with van der Waals surface area (Å²) in [5.41, 5.74) is 22.9. The summed E-state index contributed by atoms with van der Waals surface area (Å²) in [7, 11) is 0. The molecule has 410 valence electrons. The number of fused-ring (bicyclic) bond motifs is 5.